The van der Waals surface area contributed by atoms with Gasteiger partial charge in [-0.05, 0) is 43.5 Å². The third-order valence-electron chi connectivity index (χ3n) is 6.25. The van der Waals surface area contributed by atoms with Gasteiger partial charge in [-0.25, -0.2) is 0 Å². The average Bonchev–Trinajstić information content (AvgIpc) is 3.27. The third kappa shape index (κ3) is 3.65. The standard InChI is InChI=1S/C23H22ClN5O3/c24-18-9-8-17(29(31)32)14-16(18)15-21-22(30)25-23-27(13-12-26-10-4-1-5-11-26)19-6-2-3-7-20(19)28(21)23/h2-3,6-9,14-15H,1,4-5,10-13H2/p+1/b21-15-. The van der Waals surface area contributed by atoms with Crippen LogP contribution in [0.4, 0.5) is 17.1 Å². The molecular weight excluding hydrogens is 430 g/mol. The molecule has 1 saturated heterocycles. The van der Waals surface area contributed by atoms with Gasteiger partial charge in [0.25, 0.3) is 11.6 Å². The number of para-hydroxylation sites is 2. The van der Waals surface area contributed by atoms with Gasteiger partial charge in [0.1, 0.15) is 5.70 Å². The number of hydrogen-bond donors (Lipinski definition) is 1. The lowest BCUT2D eigenvalue weighted by Gasteiger charge is -2.26. The zero-order valence-corrected chi connectivity index (χ0v) is 18.2. The lowest BCUT2D eigenvalue weighted by atomic mass is 10.1. The van der Waals surface area contributed by atoms with Crippen LogP contribution in [0.2, 0.25) is 5.02 Å². The molecule has 32 heavy (non-hydrogen) atoms. The summed E-state index contributed by atoms with van der Waals surface area (Å²) in [7, 11) is 0. The molecule has 0 aliphatic carbocycles. The first-order chi connectivity index (χ1) is 15.5. The number of non-ortho nitro benzene ring substituents is 1. The van der Waals surface area contributed by atoms with Crippen molar-refractivity contribution in [2.45, 2.75) is 19.3 Å². The summed E-state index contributed by atoms with van der Waals surface area (Å²) in [6.45, 7) is 4.10. The van der Waals surface area contributed by atoms with E-state index in [0.29, 0.717) is 22.2 Å². The summed E-state index contributed by atoms with van der Waals surface area (Å²) in [6.07, 6.45) is 5.41. The Labute approximate surface area is 190 Å². The molecule has 0 atom stereocenters. The van der Waals surface area contributed by atoms with Crippen LogP contribution >= 0.6 is 11.6 Å². The molecule has 1 N–H and O–H groups in total. The van der Waals surface area contributed by atoms with Gasteiger partial charge < -0.3 is 9.80 Å². The molecule has 3 heterocycles. The number of amides is 1. The number of quaternary nitrogens is 1. The topological polar surface area (TPSA) is 83.5 Å². The maximum absolute atomic E-state index is 12.9. The fourth-order valence-corrected chi connectivity index (χ4v) is 4.80. The molecule has 0 bridgehead atoms. The highest BCUT2D eigenvalue weighted by Gasteiger charge is 2.42. The minimum atomic E-state index is -0.480. The smallest absolute Gasteiger partial charge is 0.297 e. The van der Waals surface area contributed by atoms with Crippen LogP contribution in [0.15, 0.2) is 53.2 Å². The van der Waals surface area contributed by atoms with Crippen molar-refractivity contribution in [1.82, 2.24) is 0 Å². The molecule has 2 aromatic carbocycles. The van der Waals surface area contributed by atoms with E-state index in [1.807, 2.05) is 29.2 Å². The number of rotatable bonds is 5. The second kappa shape index (κ2) is 8.37. The second-order valence-electron chi connectivity index (χ2n) is 8.25. The summed E-state index contributed by atoms with van der Waals surface area (Å²) in [5, 5.41) is 11.5. The van der Waals surface area contributed by atoms with Crippen LogP contribution in [0, 0.1) is 10.1 Å². The van der Waals surface area contributed by atoms with Gasteiger partial charge in [0, 0.05) is 22.7 Å². The molecule has 2 aromatic rings. The number of benzene rings is 2. The molecule has 3 aliphatic rings. The van der Waals surface area contributed by atoms with Crippen molar-refractivity contribution in [3.05, 3.63) is 68.9 Å². The largest absolute Gasteiger partial charge is 0.333 e. The number of aliphatic imine (C=N–C) groups is 1. The van der Waals surface area contributed by atoms with Gasteiger partial charge in [0.15, 0.2) is 0 Å². The zero-order valence-electron chi connectivity index (χ0n) is 17.5. The summed E-state index contributed by atoms with van der Waals surface area (Å²) in [5.74, 6) is 0.202. The minimum absolute atomic E-state index is 0.0826. The highest BCUT2D eigenvalue weighted by Crippen LogP contribution is 2.42. The van der Waals surface area contributed by atoms with Crippen molar-refractivity contribution in [3.63, 3.8) is 0 Å². The van der Waals surface area contributed by atoms with E-state index in [9.17, 15) is 14.9 Å². The van der Waals surface area contributed by atoms with Gasteiger partial charge in [0.05, 0.1) is 42.5 Å². The molecule has 8 nitrogen and oxygen atoms in total. The fourth-order valence-electron chi connectivity index (χ4n) is 4.63. The number of guanidine groups is 1. The molecule has 0 unspecified atom stereocenters. The maximum atomic E-state index is 12.9. The van der Waals surface area contributed by atoms with E-state index in [2.05, 4.69) is 9.89 Å². The molecule has 0 saturated carbocycles. The van der Waals surface area contributed by atoms with Crippen LogP contribution in [0.3, 0.4) is 0 Å². The van der Waals surface area contributed by atoms with Crippen LogP contribution in [-0.2, 0) is 4.79 Å². The van der Waals surface area contributed by atoms with Gasteiger partial charge in [-0.3, -0.25) is 19.8 Å². The van der Waals surface area contributed by atoms with Crippen molar-refractivity contribution in [2.75, 3.05) is 36.0 Å². The van der Waals surface area contributed by atoms with E-state index in [0.717, 1.165) is 24.5 Å². The summed E-state index contributed by atoms with van der Waals surface area (Å²) in [5.41, 5.74) is 2.54. The highest BCUT2D eigenvalue weighted by atomic mass is 35.5. The Hall–Kier alpha value is -3.23. The molecule has 1 fully saturated rings. The lowest BCUT2D eigenvalue weighted by Crippen LogP contribution is -3.13. The van der Waals surface area contributed by atoms with Crippen molar-refractivity contribution >= 4 is 46.6 Å². The van der Waals surface area contributed by atoms with Gasteiger partial charge in [-0.2, -0.15) is 4.99 Å². The number of nitrogens with one attached hydrogen (secondary N) is 1. The Morgan fingerprint density at radius 2 is 1.88 bits per heavy atom. The Morgan fingerprint density at radius 3 is 2.62 bits per heavy atom. The van der Waals surface area contributed by atoms with E-state index < -0.39 is 4.92 Å². The fraction of sp³-hybridized carbons (Fsp3) is 0.304. The molecule has 164 valence electrons. The molecule has 0 radical (unpaired) electrons. The summed E-state index contributed by atoms with van der Waals surface area (Å²) >= 11 is 6.29. The molecule has 0 aromatic heterocycles. The first-order valence-corrected chi connectivity index (χ1v) is 11.2. The van der Waals surface area contributed by atoms with E-state index in [-0.39, 0.29) is 11.6 Å². The van der Waals surface area contributed by atoms with E-state index in [1.54, 1.807) is 11.0 Å². The number of piperidine rings is 1. The Balaban J connectivity index is 1.49. The third-order valence-corrected chi connectivity index (χ3v) is 6.59. The molecule has 3 aliphatic heterocycles. The number of hydrogen-bond acceptors (Lipinski definition) is 5. The first-order valence-electron chi connectivity index (χ1n) is 10.8. The van der Waals surface area contributed by atoms with Gasteiger partial charge >= 0.3 is 0 Å². The number of anilines is 2. The second-order valence-corrected chi connectivity index (χ2v) is 8.65. The van der Waals surface area contributed by atoms with Crippen LogP contribution in [0.5, 0.6) is 0 Å². The molecule has 9 heteroatoms. The zero-order chi connectivity index (χ0) is 22.2. The molecular formula is C23H23ClN5O3+. The van der Waals surface area contributed by atoms with Crippen LogP contribution in [0.25, 0.3) is 6.08 Å². The van der Waals surface area contributed by atoms with Crippen molar-refractivity contribution in [2.24, 2.45) is 4.99 Å². The predicted molar refractivity (Wildman–Crippen MR) is 124 cm³/mol. The Kier molecular flexibility index (Phi) is 5.40. The maximum Gasteiger partial charge on any atom is 0.297 e. The van der Waals surface area contributed by atoms with Crippen molar-refractivity contribution < 1.29 is 14.6 Å². The van der Waals surface area contributed by atoms with Crippen molar-refractivity contribution in [1.29, 1.82) is 0 Å². The van der Waals surface area contributed by atoms with Gasteiger partial charge in [-0.15, -0.1) is 0 Å². The number of carbonyl (C=O) groups is 1. The summed E-state index contributed by atoms with van der Waals surface area (Å²) in [6, 6.07) is 12.1. The van der Waals surface area contributed by atoms with E-state index in [1.165, 1.54) is 50.6 Å². The van der Waals surface area contributed by atoms with Crippen LogP contribution < -0.4 is 14.7 Å². The average molecular weight is 453 g/mol. The molecule has 5 rings (SSSR count). The Morgan fingerprint density at radius 1 is 1.12 bits per heavy atom. The highest BCUT2D eigenvalue weighted by molar-refractivity contribution is 6.33. The van der Waals surface area contributed by atoms with Crippen LogP contribution in [0.1, 0.15) is 24.8 Å². The summed E-state index contributed by atoms with van der Waals surface area (Å²) in [4.78, 5) is 33.5. The normalized spacial score (nSPS) is 19.3. The number of nitro groups is 1. The van der Waals surface area contributed by atoms with Gasteiger partial charge in [-0.1, -0.05) is 23.7 Å². The van der Waals surface area contributed by atoms with E-state index >= 15 is 0 Å². The molecule has 0 spiro atoms. The monoisotopic (exact) mass is 452 g/mol. The predicted octanol–water partition coefficient (Wildman–Crippen LogP) is 2.88. The van der Waals surface area contributed by atoms with Crippen LogP contribution in [-0.4, -0.2) is 43.0 Å². The first kappa shape index (κ1) is 20.7. The number of nitro benzene ring substituents is 1. The quantitative estimate of drug-likeness (QED) is 0.428. The lowest BCUT2D eigenvalue weighted by molar-refractivity contribution is -0.903. The minimum Gasteiger partial charge on any atom is -0.333 e. The summed E-state index contributed by atoms with van der Waals surface area (Å²) < 4.78 is 0. The van der Waals surface area contributed by atoms with Crippen molar-refractivity contribution in [3.8, 4) is 0 Å². The molecule has 1 amide bonds. The van der Waals surface area contributed by atoms with Gasteiger partial charge in [0.2, 0.25) is 5.96 Å². The van der Waals surface area contributed by atoms with E-state index in [4.69, 9.17) is 11.6 Å². The number of nitrogens with zero attached hydrogens (tertiary/aromatic N) is 4. The number of fused-ring (bicyclic) bond motifs is 3. The Bertz CT molecular complexity index is 1160. The number of likely N-dealkylation sites (tertiary alicyclic amines) is 1. The number of carbonyl (C=O) groups excluding carboxylic acids is 1. The number of halogens is 1. The SMILES string of the molecule is O=C1N=C2N(CC[NH+]3CCCCC3)c3ccccc3N2/C1=C\c1cc([N+](=O)[O-])ccc1Cl.